The van der Waals surface area contributed by atoms with Gasteiger partial charge < -0.3 is 15.1 Å². The molecule has 0 aromatic rings. The molecule has 0 aromatic carbocycles. The van der Waals surface area contributed by atoms with Gasteiger partial charge in [0.2, 0.25) is 0 Å². The van der Waals surface area contributed by atoms with Crippen molar-refractivity contribution in [3.63, 3.8) is 0 Å². The van der Waals surface area contributed by atoms with Crippen molar-refractivity contribution < 1.29 is 10.2 Å². The Bertz CT molecular complexity index is 247. The minimum Gasteiger partial charge on any atom is -0.396 e. The van der Waals surface area contributed by atoms with Crippen LogP contribution >= 0.6 is 0 Å². The molecule has 0 spiro atoms. The van der Waals surface area contributed by atoms with Gasteiger partial charge in [0, 0.05) is 25.6 Å². The zero-order chi connectivity index (χ0) is 12.8. The van der Waals surface area contributed by atoms with Crippen molar-refractivity contribution in [2.45, 2.75) is 63.4 Å². The fraction of sp³-hybridized carbons (Fsp3) is 1.00. The van der Waals surface area contributed by atoms with Gasteiger partial charge in [-0.2, -0.15) is 0 Å². The van der Waals surface area contributed by atoms with Crippen molar-refractivity contribution in [2.24, 2.45) is 5.92 Å². The fourth-order valence-corrected chi connectivity index (χ4v) is 3.64. The Kier molecular flexibility index (Phi) is 5.46. The van der Waals surface area contributed by atoms with Crippen molar-refractivity contribution in [3.05, 3.63) is 0 Å². The highest BCUT2D eigenvalue weighted by atomic mass is 16.3. The maximum atomic E-state index is 10.6. The number of likely N-dealkylation sites (tertiary alicyclic amines) is 1. The summed E-state index contributed by atoms with van der Waals surface area (Å²) in [6, 6.07) is 0. The molecule has 2 rings (SSSR count). The lowest BCUT2D eigenvalue weighted by Crippen LogP contribution is -2.53. The molecule has 2 N–H and O–H groups in total. The second kappa shape index (κ2) is 6.88. The highest BCUT2D eigenvalue weighted by Crippen LogP contribution is 2.39. The molecule has 2 fully saturated rings. The van der Waals surface area contributed by atoms with Crippen molar-refractivity contribution in [2.75, 3.05) is 26.2 Å². The van der Waals surface area contributed by atoms with Gasteiger partial charge in [-0.25, -0.2) is 0 Å². The molecule has 2 aliphatic rings. The molecule has 0 radical (unpaired) electrons. The second-order valence-corrected chi connectivity index (χ2v) is 6.23. The van der Waals surface area contributed by atoms with Gasteiger partial charge in [0.1, 0.15) is 0 Å². The zero-order valence-electron chi connectivity index (χ0n) is 11.6. The number of aliphatic hydroxyl groups excluding tert-OH is 1. The minimum absolute atomic E-state index is 0.328. The number of piperidine rings is 1. The van der Waals surface area contributed by atoms with Gasteiger partial charge in [0.15, 0.2) is 0 Å². The molecule has 3 heteroatoms. The lowest BCUT2D eigenvalue weighted by Gasteiger charge is -2.47. The Morgan fingerprint density at radius 1 is 1.06 bits per heavy atom. The van der Waals surface area contributed by atoms with E-state index in [-0.39, 0.29) is 5.60 Å². The lowest BCUT2D eigenvalue weighted by atomic mass is 9.71. The fourth-order valence-electron chi connectivity index (χ4n) is 3.64. The van der Waals surface area contributed by atoms with E-state index in [1.807, 2.05) is 0 Å². The molecule has 18 heavy (non-hydrogen) atoms. The average molecular weight is 255 g/mol. The van der Waals surface area contributed by atoms with E-state index in [9.17, 15) is 5.11 Å². The third-order valence-electron chi connectivity index (χ3n) is 4.89. The van der Waals surface area contributed by atoms with Gasteiger partial charge in [-0.3, -0.25) is 0 Å². The molecule has 0 aromatic heterocycles. The topological polar surface area (TPSA) is 43.7 Å². The van der Waals surface area contributed by atoms with Crippen LogP contribution in [0.5, 0.6) is 0 Å². The van der Waals surface area contributed by atoms with Crippen LogP contribution in [0.3, 0.4) is 0 Å². The maximum absolute atomic E-state index is 10.6. The molecule has 106 valence electrons. The summed E-state index contributed by atoms with van der Waals surface area (Å²) in [4.78, 5) is 2.55. The summed E-state index contributed by atoms with van der Waals surface area (Å²) in [5, 5.41) is 19.3. The predicted octanol–water partition coefficient (Wildman–Crippen LogP) is 2.17. The van der Waals surface area contributed by atoms with Crippen LogP contribution in [0.2, 0.25) is 0 Å². The van der Waals surface area contributed by atoms with Gasteiger partial charge in [0.25, 0.3) is 0 Å². The van der Waals surface area contributed by atoms with E-state index in [0.717, 1.165) is 38.8 Å². The van der Waals surface area contributed by atoms with Crippen LogP contribution < -0.4 is 0 Å². The summed E-state index contributed by atoms with van der Waals surface area (Å²) < 4.78 is 0. The van der Waals surface area contributed by atoms with E-state index >= 15 is 0 Å². The van der Waals surface area contributed by atoms with E-state index in [1.165, 1.54) is 38.6 Å². The van der Waals surface area contributed by atoms with Crippen LogP contribution in [0.4, 0.5) is 0 Å². The predicted molar refractivity (Wildman–Crippen MR) is 73.5 cm³/mol. The van der Waals surface area contributed by atoms with E-state index in [0.29, 0.717) is 12.5 Å². The molecular formula is C15H29NO2. The third-order valence-corrected chi connectivity index (χ3v) is 4.89. The van der Waals surface area contributed by atoms with Crippen LogP contribution in [0.15, 0.2) is 0 Å². The highest BCUT2D eigenvalue weighted by molar-refractivity contribution is 4.95. The van der Waals surface area contributed by atoms with Gasteiger partial charge in [-0.1, -0.05) is 25.7 Å². The van der Waals surface area contributed by atoms with Gasteiger partial charge in [0.05, 0.1) is 5.60 Å². The molecule has 1 saturated heterocycles. The molecule has 2 atom stereocenters. The van der Waals surface area contributed by atoms with E-state index in [1.54, 1.807) is 0 Å². The SMILES string of the molecule is OCCCCCCN1CCC2(O)CCCCC2C1. The van der Waals surface area contributed by atoms with Crippen LogP contribution in [0.1, 0.15) is 57.8 Å². The highest BCUT2D eigenvalue weighted by Gasteiger charge is 2.42. The van der Waals surface area contributed by atoms with Crippen molar-refractivity contribution >= 4 is 0 Å². The number of aliphatic hydroxyl groups is 2. The van der Waals surface area contributed by atoms with Crippen LogP contribution in [-0.2, 0) is 0 Å². The first-order valence-electron chi connectivity index (χ1n) is 7.80. The Morgan fingerprint density at radius 2 is 1.89 bits per heavy atom. The van der Waals surface area contributed by atoms with E-state index in [2.05, 4.69) is 4.90 Å². The lowest BCUT2D eigenvalue weighted by molar-refractivity contribution is -0.0953. The van der Waals surface area contributed by atoms with E-state index < -0.39 is 0 Å². The first kappa shape index (κ1) is 14.3. The number of rotatable bonds is 6. The van der Waals surface area contributed by atoms with Crippen LogP contribution in [0, 0.1) is 5.92 Å². The monoisotopic (exact) mass is 255 g/mol. The van der Waals surface area contributed by atoms with Crippen LogP contribution in [-0.4, -0.2) is 47.0 Å². The Morgan fingerprint density at radius 3 is 2.72 bits per heavy atom. The number of nitrogens with zero attached hydrogens (tertiary/aromatic N) is 1. The number of hydrogen-bond donors (Lipinski definition) is 2. The Labute approximate surface area is 111 Å². The van der Waals surface area contributed by atoms with Gasteiger partial charge >= 0.3 is 0 Å². The van der Waals surface area contributed by atoms with Crippen molar-refractivity contribution in [1.82, 2.24) is 4.90 Å². The number of fused-ring (bicyclic) bond motifs is 1. The number of unbranched alkanes of at least 4 members (excludes halogenated alkanes) is 3. The van der Waals surface area contributed by atoms with Gasteiger partial charge in [-0.15, -0.1) is 0 Å². The largest absolute Gasteiger partial charge is 0.396 e. The Hall–Kier alpha value is -0.120. The summed E-state index contributed by atoms with van der Waals surface area (Å²) >= 11 is 0. The summed E-state index contributed by atoms with van der Waals surface area (Å²) in [5.41, 5.74) is -0.328. The molecule has 1 saturated carbocycles. The molecule has 1 aliphatic heterocycles. The summed E-state index contributed by atoms with van der Waals surface area (Å²) in [6.07, 6.45) is 10.3. The Balaban J connectivity index is 1.67. The summed E-state index contributed by atoms with van der Waals surface area (Å²) in [6.45, 7) is 3.69. The first-order valence-corrected chi connectivity index (χ1v) is 7.80. The third kappa shape index (κ3) is 3.69. The summed E-state index contributed by atoms with van der Waals surface area (Å²) in [7, 11) is 0. The minimum atomic E-state index is -0.328. The average Bonchev–Trinajstić information content (AvgIpc) is 2.38. The molecule has 1 aliphatic carbocycles. The number of hydrogen-bond acceptors (Lipinski definition) is 3. The first-order chi connectivity index (χ1) is 8.74. The normalized spacial score (nSPS) is 33.3. The van der Waals surface area contributed by atoms with Crippen LogP contribution in [0.25, 0.3) is 0 Å². The molecule has 0 bridgehead atoms. The standard InChI is InChI=1S/C15H29NO2/c17-12-6-2-1-5-10-16-11-9-15(18)8-4-3-7-14(15)13-16/h14,17-18H,1-13H2. The molecule has 2 unspecified atom stereocenters. The van der Waals surface area contributed by atoms with Crippen molar-refractivity contribution in [1.29, 1.82) is 0 Å². The quantitative estimate of drug-likeness (QED) is 0.715. The summed E-state index contributed by atoms with van der Waals surface area (Å²) in [5.74, 6) is 0.525. The van der Waals surface area contributed by atoms with Gasteiger partial charge in [-0.05, 0) is 38.6 Å². The molecular weight excluding hydrogens is 226 g/mol. The smallest absolute Gasteiger partial charge is 0.0700 e. The van der Waals surface area contributed by atoms with Crippen molar-refractivity contribution in [3.8, 4) is 0 Å². The zero-order valence-corrected chi connectivity index (χ0v) is 11.6. The molecule has 3 nitrogen and oxygen atoms in total. The maximum Gasteiger partial charge on any atom is 0.0700 e. The molecule has 0 amide bonds. The molecule has 1 heterocycles. The van der Waals surface area contributed by atoms with E-state index in [4.69, 9.17) is 5.11 Å². The second-order valence-electron chi connectivity index (χ2n) is 6.23.